The first-order valence-electron chi connectivity index (χ1n) is 6.69. The van der Waals surface area contributed by atoms with E-state index in [4.69, 9.17) is 4.74 Å². The molecule has 0 saturated carbocycles. The van der Waals surface area contributed by atoms with Crippen LogP contribution >= 0.6 is 15.9 Å². The van der Waals surface area contributed by atoms with E-state index in [2.05, 4.69) is 44.9 Å². The second kappa shape index (κ2) is 6.17. The zero-order valence-electron chi connectivity index (χ0n) is 11.3. The van der Waals surface area contributed by atoms with E-state index in [9.17, 15) is 0 Å². The number of hydrogen-bond acceptors (Lipinski definition) is 3. The van der Waals surface area contributed by atoms with E-state index in [1.54, 1.807) is 0 Å². The molecule has 18 heavy (non-hydrogen) atoms. The lowest BCUT2D eigenvalue weighted by molar-refractivity contribution is 0.0601. The largest absolute Gasteiger partial charge is 0.376 e. The van der Waals surface area contributed by atoms with E-state index in [1.807, 2.05) is 13.2 Å². The highest BCUT2D eigenvalue weighted by Gasteiger charge is 2.35. The first-order valence-corrected chi connectivity index (χ1v) is 7.48. The monoisotopic (exact) mass is 315 g/mol. The van der Waals surface area contributed by atoms with Crippen molar-refractivity contribution in [3.05, 3.63) is 16.4 Å². The Kier molecular flexibility index (Phi) is 4.81. The Bertz CT molecular complexity index is 394. The van der Waals surface area contributed by atoms with Crippen molar-refractivity contribution in [1.82, 2.24) is 15.1 Å². The van der Waals surface area contributed by atoms with E-state index < -0.39 is 0 Å². The Morgan fingerprint density at radius 2 is 2.44 bits per heavy atom. The van der Waals surface area contributed by atoms with Crippen LogP contribution in [-0.2, 0) is 11.3 Å². The molecule has 1 aromatic rings. The molecule has 3 unspecified atom stereocenters. The van der Waals surface area contributed by atoms with Gasteiger partial charge >= 0.3 is 0 Å². The molecule has 1 aromatic heterocycles. The summed E-state index contributed by atoms with van der Waals surface area (Å²) in [5.74, 6) is 0.583. The molecule has 0 aromatic carbocycles. The second-order valence-corrected chi connectivity index (χ2v) is 5.82. The van der Waals surface area contributed by atoms with Crippen LogP contribution in [0, 0.1) is 5.92 Å². The number of nitrogens with one attached hydrogen (secondary N) is 1. The number of aryl methyl sites for hydroxylation is 1. The molecule has 2 rings (SSSR count). The fraction of sp³-hybridized carbons (Fsp3) is 0.769. The van der Waals surface area contributed by atoms with E-state index in [0.29, 0.717) is 5.92 Å². The van der Waals surface area contributed by atoms with Crippen LogP contribution < -0.4 is 5.32 Å². The molecule has 1 fully saturated rings. The molecule has 2 heterocycles. The van der Waals surface area contributed by atoms with Gasteiger partial charge < -0.3 is 10.1 Å². The summed E-state index contributed by atoms with van der Waals surface area (Å²) in [7, 11) is 1.99. The van der Waals surface area contributed by atoms with Crippen molar-refractivity contribution in [3.63, 3.8) is 0 Å². The van der Waals surface area contributed by atoms with Crippen molar-refractivity contribution < 1.29 is 4.74 Å². The van der Waals surface area contributed by atoms with E-state index >= 15 is 0 Å². The summed E-state index contributed by atoms with van der Waals surface area (Å²) >= 11 is 3.62. The number of ether oxygens (including phenoxy) is 1. The minimum atomic E-state index is 0.200. The molecule has 1 aliphatic heterocycles. The molecule has 3 atom stereocenters. The molecular formula is C13H22BrN3O. The van der Waals surface area contributed by atoms with Gasteiger partial charge in [0.1, 0.15) is 0 Å². The maximum Gasteiger partial charge on any atom is 0.0811 e. The molecule has 0 amide bonds. The van der Waals surface area contributed by atoms with Crippen LogP contribution in [0.4, 0.5) is 0 Å². The van der Waals surface area contributed by atoms with Crippen LogP contribution in [-0.4, -0.2) is 29.5 Å². The zero-order chi connectivity index (χ0) is 13.1. The van der Waals surface area contributed by atoms with Crippen LogP contribution in [0.1, 0.15) is 38.4 Å². The fourth-order valence-electron chi connectivity index (χ4n) is 2.67. The van der Waals surface area contributed by atoms with E-state index in [-0.39, 0.29) is 12.1 Å². The molecule has 0 aliphatic carbocycles. The Hall–Kier alpha value is -0.390. The predicted octanol–water partition coefficient (Wildman–Crippen LogP) is 2.74. The van der Waals surface area contributed by atoms with Crippen molar-refractivity contribution >= 4 is 15.9 Å². The Morgan fingerprint density at radius 3 is 3.00 bits per heavy atom. The minimum Gasteiger partial charge on any atom is -0.376 e. The van der Waals surface area contributed by atoms with Crippen molar-refractivity contribution in [2.45, 2.75) is 45.4 Å². The van der Waals surface area contributed by atoms with Gasteiger partial charge in [0.2, 0.25) is 0 Å². The smallest absolute Gasteiger partial charge is 0.0811 e. The van der Waals surface area contributed by atoms with Crippen LogP contribution in [0.25, 0.3) is 0 Å². The van der Waals surface area contributed by atoms with Gasteiger partial charge in [0.05, 0.1) is 28.5 Å². The Balaban J connectivity index is 2.28. The SMILES string of the molecule is CCCn1ncc(Br)c1C(NC)C1OCCC1C. The third-order valence-electron chi connectivity index (χ3n) is 3.65. The number of likely N-dealkylation sites (N-methyl/N-ethyl adjacent to an activating group) is 1. The van der Waals surface area contributed by atoms with Crippen molar-refractivity contribution in [2.75, 3.05) is 13.7 Å². The van der Waals surface area contributed by atoms with Gasteiger partial charge in [0, 0.05) is 13.2 Å². The van der Waals surface area contributed by atoms with Crippen molar-refractivity contribution in [2.24, 2.45) is 5.92 Å². The van der Waals surface area contributed by atoms with Gasteiger partial charge in [-0.1, -0.05) is 13.8 Å². The van der Waals surface area contributed by atoms with Gasteiger partial charge in [-0.15, -0.1) is 0 Å². The molecule has 0 spiro atoms. The predicted molar refractivity (Wildman–Crippen MR) is 75.5 cm³/mol. The Morgan fingerprint density at radius 1 is 1.67 bits per heavy atom. The maximum atomic E-state index is 5.91. The quantitative estimate of drug-likeness (QED) is 0.908. The molecule has 4 nitrogen and oxygen atoms in total. The zero-order valence-corrected chi connectivity index (χ0v) is 12.9. The first-order chi connectivity index (χ1) is 8.69. The number of rotatable bonds is 5. The van der Waals surface area contributed by atoms with Crippen LogP contribution in [0.5, 0.6) is 0 Å². The lowest BCUT2D eigenvalue weighted by Crippen LogP contribution is -2.34. The highest BCUT2D eigenvalue weighted by Crippen LogP contribution is 2.34. The van der Waals surface area contributed by atoms with E-state index in [1.165, 1.54) is 5.69 Å². The van der Waals surface area contributed by atoms with Crippen LogP contribution in [0.3, 0.4) is 0 Å². The van der Waals surface area contributed by atoms with Gasteiger partial charge in [0.25, 0.3) is 0 Å². The summed E-state index contributed by atoms with van der Waals surface area (Å²) in [4.78, 5) is 0. The highest BCUT2D eigenvalue weighted by atomic mass is 79.9. The molecule has 1 N–H and O–H groups in total. The fourth-order valence-corrected chi connectivity index (χ4v) is 3.21. The lowest BCUT2D eigenvalue weighted by Gasteiger charge is -2.27. The topological polar surface area (TPSA) is 39.1 Å². The number of aromatic nitrogens is 2. The summed E-state index contributed by atoms with van der Waals surface area (Å²) in [5.41, 5.74) is 1.21. The molecule has 102 valence electrons. The third kappa shape index (κ3) is 2.63. The average Bonchev–Trinajstić information content (AvgIpc) is 2.91. The van der Waals surface area contributed by atoms with Gasteiger partial charge in [0.15, 0.2) is 0 Å². The highest BCUT2D eigenvalue weighted by molar-refractivity contribution is 9.10. The molecule has 1 saturated heterocycles. The van der Waals surface area contributed by atoms with Crippen LogP contribution in [0.2, 0.25) is 0 Å². The van der Waals surface area contributed by atoms with Gasteiger partial charge in [-0.05, 0) is 41.7 Å². The molecule has 5 heteroatoms. The summed E-state index contributed by atoms with van der Waals surface area (Å²) in [6.07, 6.45) is 4.34. The number of hydrogen-bond donors (Lipinski definition) is 1. The molecule has 0 radical (unpaired) electrons. The molecule has 1 aliphatic rings. The van der Waals surface area contributed by atoms with Crippen molar-refractivity contribution in [1.29, 1.82) is 0 Å². The van der Waals surface area contributed by atoms with E-state index in [0.717, 1.165) is 30.5 Å². The van der Waals surface area contributed by atoms with Crippen LogP contribution in [0.15, 0.2) is 10.7 Å². The minimum absolute atomic E-state index is 0.200. The number of halogens is 1. The number of nitrogens with zero attached hydrogens (tertiary/aromatic N) is 2. The molecule has 0 bridgehead atoms. The van der Waals surface area contributed by atoms with Gasteiger partial charge in [-0.25, -0.2) is 0 Å². The summed E-state index contributed by atoms with van der Waals surface area (Å²) < 4.78 is 9.06. The summed E-state index contributed by atoms with van der Waals surface area (Å²) in [6.45, 7) is 6.24. The maximum absolute atomic E-state index is 5.91. The average molecular weight is 316 g/mol. The first kappa shape index (κ1) is 14.0. The van der Waals surface area contributed by atoms with Gasteiger partial charge in [-0.2, -0.15) is 5.10 Å². The van der Waals surface area contributed by atoms with Gasteiger partial charge in [-0.3, -0.25) is 4.68 Å². The second-order valence-electron chi connectivity index (χ2n) is 4.97. The summed E-state index contributed by atoms with van der Waals surface area (Å²) in [6, 6.07) is 0.200. The third-order valence-corrected chi connectivity index (χ3v) is 4.26. The molecular weight excluding hydrogens is 294 g/mol. The Labute approximate surface area is 117 Å². The standard InChI is InChI=1S/C13H22BrN3O/c1-4-6-17-12(10(14)8-16-17)11(15-3)13-9(2)5-7-18-13/h8-9,11,13,15H,4-7H2,1-3H3. The normalized spacial score (nSPS) is 25.6. The lowest BCUT2D eigenvalue weighted by atomic mass is 9.95. The van der Waals surface area contributed by atoms with Crippen molar-refractivity contribution in [3.8, 4) is 0 Å². The summed E-state index contributed by atoms with van der Waals surface area (Å²) in [5, 5.41) is 7.85.